The smallest absolute Gasteiger partial charge is 0.353 e. The molecule has 9 nitrogen and oxygen atoms in total. The minimum atomic E-state index is -0.966. The van der Waals surface area contributed by atoms with Gasteiger partial charge in [0.25, 0.3) is 0 Å². The quantitative estimate of drug-likeness (QED) is 0.190. The van der Waals surface area contributed by atoms with E-state index >= 15 is 0 Å². The Morgan fingerprint density at radius 3 is 2.42 bits per heavy atom. The van der Waals surface area contributed by atoms with E-state index in [4.69, 9.17) is 14.7 Å². The lowest BCUT2D eigenvalue weighted by molar-refractivity contribution is -0.136. The molecular formula is C23H18N4O5S. The van der Waals surface area contributed by atoms with E-state index in [1.807, 2.05) is 6.07 Å². The van der Waals surface area contributed by atoms with E-state index in [0.717, 1.165) is 0 Å². The molecule has 0 saturated carbocycles. The Balaban J connectivity index is 1.64. The van der Waals surface area contributed by atoms with Crippen LogP contribution in [0.15, 0.2) is 65.1 Å². The highest BCUT2D eigenvalue weighted by Gasteiger charge is 2.16. The van der Waals surface area contributed by atoms with Gasteiger partial charge in [0.2, 0.25) is 0 Å². The molecule has 10 heteroatoms. The first-order valence-corrected chi connectivity index (χ1v) is 10.4. The number of rotatable bonds is 6. The lowest BCUT2D eigenvalue weighted by atomic mass is 10.1. The van der Waals surface area contributed by atoms with Crippen molar-refractivity contribution in [1.29, 1.82) is 5.26 Å². The van der Waals surface area contributed by atoms with Crippen LogP contribution in [0.5, 0.6) is 11.5 Å². The molecule has 0 radical (unpaired) electrons. The van der Waals surface area contributed by atoms with Crippen LogP contribution in [0.2, 0.25) is 0 Å². The van der Waals surface area contributed by atoms with Crippen LogP contribution < -0.4 is 20.2 Å². The summed E-state index contributed by atoms with van der Waals surface area (Å²) in [6.45, 7) is 1.63. The number of carbonyl (C=O) groups is 3. The second kappa shape index (κ2) is 10.7. The predicted octanol–water partition coefficient (Wildman–Crippen LogP) is 3.33. The molecule has 0 saturated heterocycles. The van der Waals surface area contributed by atoms with Gasteiger partial charge in [-0.25, -0.2) is 10.2 Å². The number of hydrogen-bond donors (Lipinski definition) is 2. The summed E-state index contributed by atoms with van der Waals surface area (Å²) in [5.41, 5.74) is 3.96. The zero-order valence-corrected chi connectivity index (χ0v) is 18.4. The number of carbonyl (C=O) groups excluding carboxylic acids is 3. The van der Waals surface area contributed by atoms with Gasteiger partial charge in [-0.15, -0.1) is 11.3 Å². The number of nitriles is 1. The fourth-order valence-corrected chi connectivity index (χ4v) is 3.19. The Morgan fingerprint density at radius 1 is 1.03 bits per heavy atom. The number of hydrogen-bond acceptors (Lipinski definition) is 8. The molecule has 0 spiro atoms. The summed E-state index contributed by atoms with van der Waals surface area (Å²) in [6, 6.07) is 16.2. The van der Waals surface area contributed by atoms with Crippen LogP contribution in [0.1, 0.15) is 27.7 Å². The third-order valence-electron chi connectivity index (χ3n) is 4.31. The highest BCUT2D eigenvalue weighted by Crippen LogP contribution is 2.29. The Labute approximate surface area is 193 Å². The van der Waals surface area contributed by atoms with Crippen molar-refractivity contribution >= 4 is 40.5 Å². The van der Waals surface area contributed by atoms with E-state index in [-0.39, 0.29) is 5.75 Å². The molecule has 2 amide bonds. The number of benzene rings is 2. The fraction of sp³-hybridized carbons (Fsp3) is 0.0870. The van der Waals surface area contributed by atoms with Crippen molar-refractivity contribution in [3.8, 4) is 17.6 Å². The van der Waals surface area contributed by atoms with Crippen LogP contribution in [0.3, 0.4) is 0 Å². The van der Waals surface area contributed by atoms with Gasteiger partial charge in [0.05, 0.1) is 24.5 Å². The van der Waals surface area contributed by atoms with Gasteiger partial charge in [-0.1, -0.05) is 6.07 Å². The summed E-state index contributed by atoms with van der Waals surface area (Å²) in [5.74, 6) is -1.84. The van der Waals surface area contributed by atoms with Crippen molar-refractivity contribution in [2.45, 2.75) is 6.92 Å². The monoisotopic (exact) mass is 462 g/mol. The molecular weight excluding hydrogens is 444 g/mol. The lowest BCUT2D eigenvalue weighted by Crippen LogP contribution is -2.32. The van der Waals surface area contributed by atoms with Gasteiger partial charge in [0, 0.05) is 11.3 Å². The summed E-state index contributed by atoms with van der Waals surface area (Å²) >= 11 is 1.27. The van der Waals surface area contributed by atoms with E-state index in [1.165, 1.54) is 42.7 Å². The highest BCUT2D eigenvalue weighted by molar-refractivity contribution is 7.12. The van der Waals surface area contributed by atoms with E-state index < -0.39 is 17.8 Å². The third kappa shape index (κ3) is 6.03. The zero-order chi connectivity index (χ0) is 23.8. The number of thiophene rings is 1. The normalized spacial score (nSPS) is 10.6. The number of hydrazone groups is 1. The number of amides is 2. The molecule has 33 heavy (non-hydrogen) atoms. The summed E-state index contributed by atoms with van der Waals surface area (Å²) < 4.78 is 10.7. The summed E-state index contributed by atoms with van der Waals surface area (Å²) in [5, 5.41) is 16.9. The van der Waals surface area contributed by atoms with E-state index in [0.29, 0.717) is 33.2 Å². The summed E-state index contributed by atoms with van der Waals surface area (Å²) in [4.78, 5) is 36.7. The van der Waals surface area contributed by atoms with E-state index in [2.05, 4.69) is 15.8 Å². The lowest BCUT2D eigenvalue weighted by Gasteiger charge is -2.11. The molecule has 2 aromatic carbocycles. The van der Waals surface area contributed by atoms with Crippen LogP contribution >= 0.6 is 11.3 Å². The predicted molar refractivity (Wildman–Crippen MR) is 122 cm³/mol. The van der Waals surface area contributed by atoms with Crippen molar-refractivity contribution in [1.82, 2.24) is 5.43 Å². The standard InChI is InChI=1S/C23H18N4O5S/c1-14(26-27-22(29)21(28)25-17-8-5-15(13-24)6-9-17)16-7-10-18(19(12-16)31-2)32-23(30)20-4-3-11-33-20/h3-12H,1-2H3,(H,25,28)(H,27,29). The largest absolute Gasteiger partial charge is 0.493 e. The minimum Gasteiger partial charge on any atom is -0.493 e. The van der Waals surface area contributed by atoms with Gasteiger partial charge in [-0.2, -0.15) is 10.4 Å². The number of methoxy groups -OCH3 is 1. The van der Waals surface area contributed by atoms with Crippen molar-refractivity contribution in [2.75, 3.05) is 12.4 Å². The van der Waals surface area contributed by atoms with Crippen LogP contribution in [0, 0.1) is 11.3 Å². The average Bonchev–Trinajstić information content (AvgIpc) is 3.38. The maximum atomic E-state index is 12.2. The van der Waals surface area contributed by atoms with Gasteiger partial charge in [0.15, 0.2) is 11.5 Å². The van der Waals surface area contributed by atoms with Gasteiger partial charge in [-0.3, -0.25) is 9.59 Å². The average molecular weight is 462 g/mol. The first kappa shape index (κ1) is 23.2. The first-order chi connectivity index (χ1) is 15.9. The molecule has 0 aliphatic heterocycles. The molecule has 1 aromatic heterocycles. The Morgan fingerprint density at radius 2 is 1.79 bits per heavy atom. The van der Waals surface area contributed by atoms with E-state index in [9.17, 15) is 14.4 Å². The van der Waals surface area contributed by atoms with Crippen molar-refractivity contribution < 1.29 is 23.9 Å². The molecule has 0 unspecified atom stereocenters. The highest BCUT2D eigenvalue weighted by atomic mass is 32.1. The van der Waals surface area contributed by atoms with Gasteiger partial charge in [0.1, 0.15) is 4.88 Å². The number of nitrogens with one attached hydrogen (secondary N) is 2. The van der Waals surface area contributed by atoms with Crippen molar-refractivity contribution in [2.24, 2.45) is 5.10 Å². The molecule has 3 rings (SSSR count). The Bertz CT molecular complexity index is 1240. The third-order valence-corrected chi connectivity index (χ3v) is 5.16. The second-order valence-corrected chi connectivity index (χ2v) is 7.46. The second-order valence-electron chi connectivity index (χ2n) is 6.51. The van der Waals surface area contributed by atoms with E-state index in [1.54, 1.807) is 42.6 Å². The Hall–Kier alpha value is -4.49. The molecule has 2 N–H and O–H groups in total. The maximum absolute atomic E-state index is 12.2. The van der Waals surface area contributed by atoms with Crippen LogP contribution in [-0.2, 0) is 9.59 Å². The van der Waals surface area contributed by atoms with Gasteiger partial charge in [-0.05, 0) is 60.8 Å². The first-order valence-electron chi connectivity index (χ1n) is 9.51. The topological polar surface area (TPSA) is 130 Å². The molecule has 1 heterocycles. The van der Waals surface area contributed by atoms with Crippen molar-refractivity contribution in [3.63, 3.8) is 0 Å². The molecule has 0 bridgehead atoms. The summed E-state index contributed by atoms with van der Waals surface area (Å²) in [7, 11) is 1.43. The molecule has 166 valence electrons. The van der Waals surface area contributed by atoms with Crippen LogP contribution in [0.25, 0.3) is 0 Å². The minimum absolute atomic E-state index is 0.235. The van der Waals surface area contributed by atoms with Gasteiger partial charge < -0.3 is 14.8 Å². The molecule has 3 aromatic rings. The van der Waals surface area contributed by atoms with Crippen LogP contribution in [-0.4, -0.2) is 30.6 Å². The molecule has 0 fully saturated rings. The van der Waals surface area contributed by atoms with Gasteiger partial charge >= 0.3 is 17.8 Å². The fourth-order valence-electron chi connectivity index (χ4n) is 2.59. The maximum Gasteiger partial charge on any atom is 0.353 e. The van der Waals surface area contributed by atoms with Crippen LogP contribution in [0.4, 0.5) is 5.69 Å². The summed E-state index contributed by atoms with van der Waals surface area (Å²) in [6.07, 6.45) is 0. The molecule has 0 aliphatic carbocycles. The number of anilines is 1. The SMILES string of the molecule is COc1cc(C(C)=NNC(=O)C(=O)Nc2ccc(C#N)cc2)ccc1OC(=O)c1cccs1. The zero-order valence-electron chi connectivity index (χ0n) is 17.6. The van der Waals surface area contributed by atoms with Crippen molar-refractivity contribution in [3.05, 3.63) is 76.0 Å². The number of nitrogens with zero attached hydrogens (tertiary/aromatic N) is 2. The molecule has 0 atom stereocenters. The molecule has 0 aliphatic rings. The number of ether oxygens (including phenoxy) is 2. The number of esters is 1. The Kier molecular flexibility index (Phi) is 7.51.